The molecule has 1 N–H and O–H groups in total. The Hall–Kier alpha value is -3.08. The molecular formula is C19H18N2O3. The fourth-order valence-electron chi connectivity index (χ4n) is 2.31. The number of nitrogens with zero attached hydrogens (tertiary/aromatic N) is 1. The van der Waals surface area contributed by atoms with Gasteiger partial charge in [0.1, 0.15) is 11.4 Å². The Balaban J connectivity index is 1.64. The van der Waals surface area contributed by atoms with Gasteiger partial charge in [-0.25, -0.2) is 0 Å². The Morgan fingerprint density at radius 1 is 1.17 bits per heavy atom. The molecular weight excluding hydrogens is 304 g/mol. The molecule has 0 aliphatic heterocycles. The van der Waals surface area contributed by atoms with Crippen molar-refractivity contribution < 1.29 is 13.9 Å². The van der Waals surface area contributed by atoms with Gasteiger partial charge >= 0.3 is 0 Å². The zero-order valence-electron chi connectivity index (χ0n) is 13.4. The number of pyridine rings is 1. The summed E-state index contributed by atoms with van der Waals surface area (Å²) in [7, 11) is 0. The minimum absolute atomic E-state index is 0.172. The van der Waals surface area contributed by atoms with Gasteiger partial charge in [0.05, 0.1) is 18.4 Å². The second kappa shape index (κ2) is 7.46. The van der Waals surface area contributed by atoms with Crippen molar-refractivity contribution in [3.05, 3.63) is 72.1 Å². The average molecular weight is 322 g/mol. The molecule has 0 spiro atoms. The van der Waals surface area contributed by atoms with E-state index in [-0.39, 0.29) is 5.91 Å². The van der Waals surface area contributed by atoms with Gasteiger partial charge in [-0.1, -0.05) is 18.2 Å². The first-order valence-corrected chi connectivity index (χ1v) is 7.76. The molecule has 0 unspecified atom stereocenters. The van der Waals surface area contributed by atoms with E-state index in [9.17, 15) is 4.79 Å². The fraction of sp³-hybridized carbons (Fsp3) is 0.158. The van der Waals surface area contributed by atoms with E-state index in [1.165, 1.54) is 0 Å². The summed E-state index contributed by atoms with van der Waals surface area (Å²) in [5.41, 5.74) is 2.20. The van der Waals surface area contributed by atoms with E-state index in [1.807, 2.05) is 43.3 Å². The van der Waals surface area contributed by atoms with Crippen LogP contribution in [0.25, 0.3) is 11.5 Å². The van der Waals surface area contributed by atoms with Crippen molar-refractivity contribution in [2.24, 2.45) is 0 Å². The standard InChI is InChI=1S/C19H18N2O3/c1-2-23-17-7-4-3-6-15(17)19(22)21-13-14-9-10-16(20-12-14)18-8-5-11-24-18/h3-12H,2,13H2,1H3,(H,21,22). The topological polar surface area (TPSA) is 64.4 Å². The minimum atomic E-state index is -0.172. The van der Waals surface area contributed by atoms with Crippen LogP contribution in [0.1, 0.15) is 22.8 Å². The summed E-state index contributed by atoms with van der Waals surface area (Å²) in [5.74, 6) is 1.13. The van der Waals surface area contributed by atoms with Crippen LogP contribution in [0.3, 0.4) is 0 Å². The summed E-state index contributed by atoms with van der Waals surface area (Å²) in [5, 5.41) is 2.89. The largest absolute Gasteiger partial charge is 0.493 e. The SMILES string of the molecule is CCOc1ccccc1C(=O)NCc1ccc(-c2ccco2)nc1. The lowest BCUT2D eigenvalue weighted by Crippen LogP contribution is -2.23. The summed E-state index contributed by atoms with van der Waals surface area (Å²) < 4.78 is 10.8. The molecule has 0 aliphatic carbocycles. The number of para-hydroxylation sites is 1. The molecule has 5 heteroatoms. The predicted octanol–water partition coefficient (Wildman–Crippen LogP) is 3.67. The van der Waals surface area contributed by atoms with Crippen molar-refractivity contribution in [1.29, 1.82) is 0 Å². The second-order valence-electron chi connectivity index (χ2n) is 5.14. The summed E-state index contributed by atoms with van der Waals surface area (Å²) in [6.45, 7) is 2.80. The molecule has 1 aromatic carbocycles. The maximum absolute atomic E-state index is 12.3. The molecule has 122 valence electrons. The Labute approximate surface area is 140 Å². The highest BCUT2D eigenvalue weighted by molar-refractivity contribution is 5.96. The smallest absolute Gasteiger partial charge is 0.255 e. The molecule has 2 aromatic heterocycles. The van der Waals surface area contributed by atoms with Crippen LogP contribution in [0.4, 0.5) is 0 Å². The van der Waals surface area contributed by atoms with Crippen LogP contribution in [0.2, 0.25) is 0 Å². The molecule has 24 heavy (non-hydrogen) atoms. The molecule has 0 saturated carbocycles. The van der Waals surface area contributed by atoms with Gasteiger partial charge in [-0.3, -0.25) is 9.78 Å². The Kier molecular flexibility index (Phi) is 4.91. The number of hydrogen-bond acceptors (Lipinski definition) is 4. The monoisotopic (exact) mass is 322 g/mol. The van der Waals surface area contributed by atoms with E-state index in [1.54, 1.807) is 24.6 Å². The molecule has 0 bridgehead atoms. The summed E-state index contributed by atoms with van der Waals surface area (Å²) >= 11 is 0. The van der Waals surface area contributed by atoms with Gasteiger partial charge in [0.25, 0.3) is 5.91 Å². The van der Waals surface area contributed by atoms with Crippen LogP contribution >= 0.6 is 0 Å². The highest BCUT2D eigenvalue weighted by Crippen LogP contribution is 2.19. The summed E-state index contributed by atoms with van der Waals surface area (Å²) in [6.07, 6.45) is 3.34. The van der Waals surface area contributed by atoms with Crippen LogP contribution in [0.5, 0.6) is 5.75 Å². The van der Waals surface area contributed by atoms with E-state index in [0.717, 1.165) is 17.0 Å². The second-order valence-corrected chi connectivity index (χ2v) is 5.14. The number of amides is 1. The van der Waals surface area contributed by atoms with E-state index in [0.29, 0.717) is 24.5 Å². The number of ether oxygens (including phenoxy) is 1. The molecule has 1 amide bonds. The third-order valence-electron chi connectivity index (χ3n) is 3.48. The van der Waals surface area contributed by atoms with E-state index in [4.69, 9.17) is 9.15 Å². The van der Waals surface area contributed by atoms with Crippen LogP contribution in [-0.4, -0.2) is 17.5 Å². The predicted molar refractivity (Wildman–Crippen MR) is 90.7 cm³/mol. The third-order valence-corrected chi connectivity index (χ3v) is 3.48. The average Bonchev–Trinajstić information content (AvgIpc) is 3.15. The Bertz CT molecular complexity index is 796. The van der Waals surface area contributed by atoms with Gasteiger partial charge < -0.3 is 14.5 Å². The quantitative estimate of drug-likeness (QED) is 0.752. The van der Waals surface area contributed by atoms with Gasteiger partial charge in [0.2, 0.25) is 0 Å². The highest BCUT2D eigenvalue weighted by atomic mass is 16.5. The van der Waals surface area contributed by atoms with Crippen molar-refractivity contribution in [2.45, 2.75) is 13.5 Å². The Morgan fingerprint density at radius 3 is 2.75 bits per heavy atom. The molecule has 0 fully saturated rings. The maximum Gasteiger partial charge on any atom is 0.255 e. The molecule has 3 aromatic rings. The van der Waals surface area contributed by atoms with Gasteiger partial charge in [-0.2, -0.15) is 0 Å². The van der Waals surface area contributed by atoms with Crippen molar-refractivity contribution in [3.63, 3.8) is 0 Å². The molecule has 0 aliphatic rings. The zero-order valence-corrected chi connectivity index (χ0v) is 13.4. The van der Waals surface area contributed by atoms with E-state index in [2.05, 4.69) is 10.3 Å². The summed E-state index contributed by atoms with van der Waals surface area (Å²) in [4.78, 5) is 16.7. The molecule has 5 nitrogen and oxygen atoms in total. The first-order chi connectivity index (χ1) is 11.8. The zero-order chi connectivity index (χ0) is 16.8. The molecule has 3 rings (SSSR count). The van der Waals surface area contributed by atoms with Crippen molar-refractivity contribution >= 4 is 5.91 Å². The minimum Gasteiger partial charge on any atom is -0.493 e. The molecule has 0 atom stereocenters. The molecule has 2 heterocycles. The first kappa shape index (κ1) is 15.8. The number of carbonyl (C=O) groups excluding carboxylic acids is 1. The molecule has 0 saturated heterocycles. The number of aromatic nitrogens is 1. The van der Waals surface area contributed by atoms with Crippen LogP contribution in [0, 0.1) is 0 Å². The van der Waals surface area contributed by atoms with Crippen LogP contribution in [0.15, 0.2) is 65.4 Å². The lowest BCUT2D eigenvalue weighted by molar-refractivity contribution is 0.0947. The number of hydrogen-bond donors (Lipinski definition) is 1. The van der Waals surface area contributed by atoms with Crippen molar-refractivity contribution in [1.82, 2.24) is 10.3 Å². The first-order valence-electron chi connectivity index (χ1n) is 7.76. The van der Waals surface area contributed by atoms with Gasteiger partial charge in [-0.15, -0.1) is 0 Å². The van der Waals surface area contributed by atoms with Crippen molar-refractivity contribution in [2.75, 3.05) is 6.61 Å². The number of nitrogens with one attached hydrogen (secondary N) is 1. The summed E-state index contributed by atoms with van der Waals surface area (Å²) in [6, 6.07) is 14.7. The van der Waals surface area contributed by atoms with Gasteiger partial charge in [0.15, 0.2) is 5.76 Å². The normalized spacial score (nSPS) is 10.4. The van der Waals surface area contributed by atoms with Crippen LogP contribution < -0.4 is 10.1 Å². The third kappa shape index (κ3) is 3.63. The number of furan rings is 1. The van der Waals surface area contributed by atoms with E-state index < -0.39 is 0 Å². The fourth-order valence-corrected chi connectivity index (χ4v) is 2.31. The van der Waals surface area contributed by atoms with Gasteiger partial charge in [0, 0.05) is 12.7 Å². The van der Waals surface area contributed by atoms with Crippen LogP contribution in [-0.2, 0) is 6.54 Å². The lowest BCUT2D eigenvalue weighted by atomic mass is 10.1. The van der Waals surface area contributed by atoms with Gasteiger partial charge in [-0.05, 0) is 42.8 Å². The highest BCUT2D eigenvalue weighted by Gasteiger charge is 2.11. The molecule has 0 radical (unpaired) electrons. The lowest BCUT2D eigenvalue weighted by Gasteiger charge is -2.10. The maximum atomic E-state index is 12.3. The number of rotatable bonds is 6. The van der Waals surface area contributed by atoms with Crippen molar-refractivity contribution in [3.8, 4) is 17.2 Å². The number of carbonyl (C=O) groups is 1. The Morgan fingerprint density at radius 2 is 2.04 bits per heavy atom. The number of benzene rings is 1. The van der Waals surface area contributed by atoms with E-state index >= 15 is 0 Å².